The van der Waals surface area contributed by atoms with E-state index in [-0.39, 0.29) is 0 Å². The molecular weight excluding hydrogens is 178 g/mol. The number of aromatic nitrogens is 2. The van der Waals surface area contributed by atoms with E-state index in [1.165, 1.54) is 0 Å². The number of guanidine groups is 1. The standard InChI is InChI=1S/C9H17N5/c1-4-11-9(10)12-5-8-6-13-14(3)7(8)2/h6H,4-5H2,1-3H3,(H3,10,11,12). The normalized spacial score (nSPS) is 11.8. The minimum atomic E-state index is 0.482. The number of nitrogens with zero attached hydrogens (tertiary/aromatic N) is 3. The number of aliphatic imine (C=N–C) groups is 1. The molecule has 5 heteroatoms. The van der Waals surface area contributed by atoms with Crippen LogP contribution in [0.2, 0.25) is 0 Å². The summed E-state index contributed by atoms with van der Waals surface area (Å²) in [6, 6.07) is 0. The van der Waals surface area contributed by atoms with E-state index >= 15 is 0 Å². The van der Waals surface area contributed by atoms with Gasteiger partial charge in [-0.15, -0.1) is 0 Å². The lowest BCUT2D eigenvalue weighted by atomic mass is 10.3. The van der Waals surface area contributed by atoms with Gasteiger partial charge in [-0.1, -0.05) is 0 Å². The monoisotopic (exact) mass is 195 g/mol. The first kappa shape index (κ1) is 10.6. The SMILES string of the molecule is CCNC(N)=NCc1cnn(C)c1C. The van der Waals surface area contributed by atoms with Crippen molar-refractivity contribution in [3.8, 4) is 0 Å². The fourth-order valence-corrected chi connectivity index (χ4v) is 1.11. The maximum Gasteiger partial charge on any atom is 0.188 e. The van der Waals surface area contributed by atoms with E-state index < -0.39 is 0 Å². The zero-order valence-corrected chi connectivity index (χ0v) is 8.91. The van der Waals surface area contributed by atoms with Gasteiger partial charge >= 0.3 is 0 Å². The van der Waals surface area contributed by atoms with E-state index in [4.69, 9.17) is 5.73 Å². The van der Waals surface area contributed by atoms with Gasteiger partial charge in [0, 0.05) is 24.8 Å². The van der Waals surface area contributed by atoms with Crippen LogP contribution in [0, 0.1) is 6.92 Å². The van der Waals surface area contributed by atoms with Crippen molar-refractivity contribution < 1.29 is 0 Å². The second-order valence-corrected chi connectivity index (χ2v) is 3.11. The summed E-state index contributed by atoms with van der Waals surface area (Å²) in [7, 11) is 1.91. The van der Waals surface area contributed by atoms with Crippen LogP contribution in [0.25, 0.3) is 0 Å². The number of aryl methyl sites for hydroxylation is 1. The molecule has 0 aliphatic carbocycles. The Morgan fingerprint density at radius 1 is 1.71 bits per heavy atom. The van der Waals surface area contributed by atoms with Crippen LogP contribution in [0.3, 0.4) is 0 Å². The van der Waals surface area contributed by atoms with Gasteiger partial charge in [0.05, 0.1) is 12.7 Å². The lowest BCUT2D eigenvalue weighted by Crippen LogP contribution is -2.31. The summed E-state index contributed by atoms with van der Waals surface area (Å²) >= 11 is 0. The van der Waals surface area contributed by atoms with E-state index in [0.29, 0.717) is 12.5 Å². The maximum atomic E-state index is 5.60. The van der Waals surface area contributed by atoms with Gasteiger partial charge in [-0.25, -0.2) is 4.99 Å². The summed E-state index contributed by atoms with van der Waals surface area (Å²) in [4.78, 5) is 4.19. The highest BCUT2D eigenvalue weighted by molar-refractivity contribution is 5.77. The van der Waals surface area contributed by atoms with E-state index in [0.717, 1.165) is 17.8 Å². The molecule has 0 fully saturated rings. The van der Waals surface area contributed by atoms with Gasteiger partial charge in [-0.2, -0.15) is 5.10 Å². The average molecular weight is 195 g/mol. The van der Waals surface area contributed by atoms with Crippen molar-refractivity contribution in [1.29, 1.82) is 0 Å². The van der Waals surface area contributed by atoms with Crippen LogP contribution in [0.1, 0.15) is 18.2 Å². The van der Waals surface area contributed by atoms with Gasteiger partial charge in [-0.3, -0.25) is 4.68 Å². The fourth-order valence-electron chi connectivity index (χ4n) is 1.11. The molecular formula is C9H17N5. The Hall–Kier alpha value is -1.52. The van der Waals surface area contributed by atoms with Gasteiger partial charge < -0.3 is 11.1 Å². The van der Waals surface area contributed by atoms with Crippen LogP contribution >= 0.6 is 0 Å². The molecule has 0 aliphatic heterocycles. The molecule has 0 saturated heterocycles. The molecule has 0 aliphatic rings. The molecule has 3 N–H and O–H groups in total. The molecule has 78 valence electrons. The van der Waals surface area contributed by atoms with Crippen LogP contribution in [-0.2, 0) is 13.6 Å². The van der Waals surface area contributed by atoms with Crippen LogP contribution in [-0.4, -0.2) is 22.3 Å². The third kappa shape index (κ3) is 2.48. The van der Waals surface area contributed by atoms with E-state index in [1.807, 2.05) is 31.8 Å². The van der Waals surface area contributed by atoms with Crippen molar-refractivity contribution in [3.63, 3.8) is 0 Å². The number of nitrogens with one attached hydrogen (secondary N) is 1. The molecule has 0 spiro atoms. The number of hydrogen-bond acceptors (Lipinski definition) is 2. The summed E-state index contributed by atoms with van der Waals surface area (Å²) in [5, 5.41) is 7.07. The minimum absolute atomic E-state index is 0.482. The Morgan fingerprint density at radius 3 is 2.93 bits per heavy atom. The third-order valence-electron chi connectivity index (χ3n) is 2.11. The minimum Gasteiger partial charge on any atom is -0.370 e. The Bertz CT molecular complexity index is 326. The lowest BCUT2D eigenvalue weighted by Gasteiger charge is -2.01. The molecule has 0 radical (unpaired) electrons. The zero-order chi connectivity index (χ0) is 10.6. The topological polar surface area (TPSA) is 68.2 Å². The average Bonchev–Trinajstić information content (AvgIpc) is 2.46. The Kier molecular flexibility index (Phi) is 3.50. The molecule has 0 aromatic carbocycles. The second kappa shape index (κ2) is 4.64. The molecule has 0 atom stereocenters. The van der Waals surface area contributed by atoms with Crippen LogP contribution < -0.4 is 11.1 Å². The molecule has 0 amide bonds. The first-order valence-corrected chi connectivity index (χ1v) is 4.66. The molecule has 0 saturated carbocycles. The summed E-state index contributed by atoms with van der Waals surface area (Å²) in [5.41, 5.74) is 7.83. The van der Waals surface area contributed by atoms with E-state index in [1.54, 1.807) is 0 Å². The van der Waals surface area contributed by atoms with Gasteiger partial charge in [0.25, 0.3) is 0 Å². The number of hydrogen-bond donors (Lipinski definition) is 2. The smallest absolute Gasteiger partial charge is 0.188 e. The summed E-state index contributed by atoms with van der Waals surface area (Å²) in [5.74, 6) is 0.482. The van der Waals surface area contributed by atoms with Gasteiger partial charge in [0.1, 0.15) is 0 Å². The maximum absolute atomic E-state index is 5.60. The predicted octanol–water partition coefficient (Wildman–Crippen LogP) is 0.153. The summed E-state index contributed by atoms with van der Waals surface area (Å²) in [6.45, 7) is 5.37. The lowest BCUT2D eigenvalue weighted by molar-refractivity contribution is 0.737. The number of nitrogens with two attached hydrogens (primary N) is 1. The van der Waals surface area contributed by atoms with Crippen molar-refractivity contribution in [1.82, 2.24) is 15.1 Å². The van der Waals surface area contributed by atoms with Crippen molar-refractivity contribution in [3.05, 3.63) is 17.5 Å². The molecule has 1 rings (SSSR count). The van der Waals surface area contributed by atoms with Crippen LogP contribution in [0.4, 0.5) is 0 Å². The van der Waals surface area contributed by atoms with Crippen molar-refractivity contribution in [2.75, 3.05) is 6.54 Å². The van der Waals surface area contributed by atoms with E-state index in [2.05, 4.69) is 15.4 Å². The first-order chi connectivity index (χ1) is 6.65. The molecule has 1 heterocycles. The largest absolute Gasteiger partial charge is 0.370 e. The molecule has 0 bridgehead atoms. The van der Waals surface area contributed by atoms with Gasteiger partial charge in [-0.05, 0) is 13.8 Å². The molecule has 0 unspecified atom stereocenters. The Balaban J connectivity index is 2.61. The predicted molar refractivity (Wildman–Crippen MR) is 56.9 cm³/mol. The zero-order valence-electron chi connectivity index (χ0n) is 8.91. The van der Waals surface area contributed by atoms with Gasteiger partial charge in [0.2, 0.25) is 0 Å². The first-order valence-electron chi connectivity index (χ1n) is 4.66. The summed E-state index contributed by atoms with van der Waals surface area (Å²) in [6.07, 6.45) is 1.82. The quantitative estimate of drug-likeness (QED) is 0.533. The Labute approximate surface area is 84.0 Å². The van der Waals surface area contributed by atoms with Crippen LogP contribution in [0.5, 0.6) is 0 Å². The van der Waals surface area contributed by atoms with Crippen molar-refractivity contribution in [2.45, 2.75) is 20.4 Å². The molecule has 5 nitrogen and oxygen atoms in total. The summed E-state index contributed by atoms with van der Waals surface area (Å²) < 4.78 is 1.83. The fraction of sp³-hybridized carbons (Fsp3) is 0.556. The van der Waals surface area contributed by atoms with Crippen molar-refractivity contribution in [2.24, 2.45) is 17.8 Å². The Morgan fingerprint density at radius 2 is 2.43 bits per heavy atom. The molecule has 14 heavy (non-hydrogen) atoms. The molecule has 1 aromatic rings. The number of rotatable bonds is 3. The van der Waals surface area contributed by atoms with E-state index in [9.17, 15) is 0 Å². The van der Waals surface area contributed by atoms with Crippen LogP contribution in [0.15, 0.2) is 11.2 Å². The highest BCUT2D eigenvalue weighted by atomic mass is 15.3. The molecule has 1 aromatic heterocycles. The van der Waals surface area contributed by atoms with Gasteiger partial charge in [0.15, 0.2) is 5.96 Å². The highest BCUT2D eigenvalue weighted by Gasteiger charge is 2.01. The highest BCUT2D eigenvalue weighted by Crippen LogP contribution is 2.06. The van der Waals surface area contributed by atoms with Crippen molar-refractivity contribution >= 4 is 5.96 Å². The third-order valence-corrected chi connectivity index (χ3v) is 2.11. The second-order valence-electron chi connectivity index (χ2n) is 3.11.